The van der Waals surface area contributed by atoms with Crippen molar-refractivity contribution in [1.82, 2.24) is 4.90 Å². The molecule has 2 aromatic carbocycles. The summed E-state index contributed by atoms with van der Waals surface area (Å²) >= 11 is 0. The van der Waals surface area contributed by atoms with Crippen LogP contribution in [0.2, 0.25) is 0 Å². The van der Waals surface area contributed by atoms with E-state index in [2.05, 4.69) is 11.9 Å². The molecule has 0 amide bonds. The Kier molecular flexibility index (Phi) is 4.57. The summed E-state index contributed by atoms with van der Waals surface area (Å²) in [6.45, 7) is 2.03. The summed E-state index contributed by atoms with van der Waals surface area (Å²) < 4.78 is 6.05. The number of piperidine rings is 1. The standard InChI is InChI=1S/C18H20N2O3/c1-19-11-9-15(10-12-19)23-16-7-8-18(20(21)22)17(13-16)14-5-3-2-4-6-14/h2-8,13,15H,9-12H2,1H3. The number of hydrogen-bond acceptors (Lipinski definition) is 4. The fourth-order valence-corrected chi connectivity index (χ4v) is 2.89. The Balaban J connectivity index is 1.87. The molecule has 0 radical (unpaired) electrons. The van der Waals surface area contributed by atoms with Gasteiger partial charge in [-0.3, -0.25) is 10.1 Å². The molecule has 1 fully saturated rings. The van der Waals surface area contributed by atoms with E-state index in [1.165, 1.54) is 6.07 Å². The molecule has 23 heavy (non-hydrogen) atoms. The number of nitro benzene ring substituents is 1. The SMILES string of the molecule is CN1CCC(Oc2ccc([N+](=O)[O-])c(-c3ccccc3)c2)CC1. The molecular formula is C18H20N2O3. The van der Waals surface area contributed by atoms with E-state index in [0.29, 0.717) is 11.3 Å². The van der Waals surface area contributed by atoms with Crippen molar-refractivity contribution in [1.29, 1.82) is 0 Å². The van der Waals surface area contributed by atoms with Crippen LogP contribution in [0.25, 0.3) is 11.1 Å². The van der Waals surface area contributed by atoms with Gasteiger partial charge in [0.25, 0.3) is 5.69 Å². The maximum atomic E-state index is 11.3. The second kappa shape index (κ2) is 6.79. The van der Waals surface area contributed by atoms with Gasteiger partial charge in [0.05, 0.1) is 10.5 Å². The zero-order valence-corrected chi connectivity index (χ0v) is 13.1. The van der Waals surface area contributed by atoms with Gasteiger partial charge in [0, 0.05) is 19.2 Å². The Bertz CT molecular complexity index is 680. The lowest BCUT2D eigenvalue weighted by Crippen LogP contribution is -2.35. The third-order valence-corrected chi connectivity index (χ3v) is 4.22. The lowest BCUT2D eigenvalue weighted by atomic mass is 10.0. The normalized spacial score (nSPS) is 16.2. The van der Waals surface area contributed by atoms with Crippen LogP contribution >= 0.6 is 0 Å². The molecule has 0 saturated carbocycles. The Morgan fingerprint density at radius 3 is 2.48 bits per heavy atom. The van der Waals surface area contributed by atoms with E-state index < -0.39 is 0 Å². The van der Waals surface area contributed by atoms with Crippen LogP contribution in [0.5, 0.6) is 5.75 Å². The third kappa shape index (κ3) is 3.68. The van der Waals surface area contributed by atoms with E-state index in [4.69, 9.17) is 4.74 Å². The van der Waals surface area contributed by atoms with Crippen molar-refractivity contribution < 1.29 is 9.66 Å². The molecule has 0 atom stereocenters. The summed E-state index contributed by atoms with van der Waals surface area (Å²) in [5.74, 6) is 0.698. The molecule has 0 unspecified atom stereocenters. The van der Waals surface area contributed by atoms with Crippen LogP contribution in [0.1, 0.15) is 12.8 Å². The number of likely N-dealkylation sites (tertiary alicyclic amines) is 1. The highest BCUT2D eigenvalue weighted by atomic mass is 16.6. The monoisotopic (exact) mass is 312 g/mol. The summed E-state index contributed by atoms with van der Waals surface area (Å²) in [5, 5.41) is 11.3. The van der Waals surface area contributed by atoms with Gasteiger partial charge in [-0.25, -0.2) is 0 Å². The number of rotatable bonds is 4. The van der Waals surface area contributed by atoms with Crippen molar-refractivity contribution in [3.05, 3.63) is 58.6 Å². The van der Waals surface area contributed by atoms with E-state index in [9.17, 15) is 10.1 Å². The van der Waals surface area contributed by atoms with Crippen molar-refractivity contribution in [3.63, 3.8) is 0 Å². The van der Waals surface area contributed by atoms with Crippen molar-refractivity contribution >= 4 is 5.69 Å². The van der Waals surface area contributed by atoms with E-state index in [-0.39, 0.29) is 16.7 Å². The average Bonchev–Trinajstić information content (AvgIpc) is 2.57. The quantitative estimate of drug-likeness (QED) is 0.637. The van der Waals surface area contributed by atoms with Crippen LogP contribution in [-0.2, 0) is 0 Å². The molecule has 0 aromatic heterocycles. The zero-order valence-electron chi connectivity index (χ0n) is 13.1. The van der Waals surface area contributed by atoms with Crippen LogP contribution in [0.15, 0.2) is 48.5 Å². The van der Waals surface area contributed by atoms with Gasteiger partial charge in [-0.15, -0.1) is 0 Å². The fraction of sp³-hybridized carbons (Fsp3) is 0.333. The minimum atomic E-state index is -0.346. The molecule has 1 heterocycles. The van der Waals surface area contributed by atoms with Crippen LogP contribution in [0, 0.1) is 10.1 Å². The van der Waals surface area contributed by atoms with Gasteiger partial charge in [-0.1, -0.05) is 30.3 Å². The maximum Gasteiger partial charge on any atom is 0.277 e. The molecule has 1 aliphatic heterocycles. The van der Waals surface area contributed by atoms with E-state index in [0.717, 1.165) is 31.5 Å². The first-order valence-corrected chi connectivity index (χ1v) is 7.82. The van der Waals surface area contributed by atoms with E-state index >= 15 is 0 Å². The molecule has 0 N–H and O–H groups in total. The molecule has 0 spiro atoms. The lowest BCUT2D eigenvalue weighted by molar-refractivity contribution is -0.384. The van der Waals surface area contributed by atoms with Gasteiger partial charge in [0.1, 0.15) is 11.9 Å². The van der Waals surface area contributed by atoms with Gasteiger partial charge in [0.2, 0.25) is 0 Å². The van der Waals surface area contributed by atoms with Crippen molar-refractivity contribution in [3.8, 4) is 16.9 Å². The van der Waals surface area contributed by atoms with Crippen LogP contribution in [0.3, 0.4) is 0 Å². The number of hydrogen-bond donors (Lipinski definition) is 0. The van der Waals surface area contributed by atoms with Gasteiger partial charge in [0.15, 0.2) is 0 Å². The number of nitrogens with zero attached hydrogens (tertiary/aromatic N) is 2. The van der Waals surface area contributed by atoms with Crippen molar-refractivity contribution in [2.75, 3.05) is 20.1 Å². The fourth-order valence-electron chi connectivity index (χ4n) is 2.89. The first-order chi connectivity index (χ1) is 11.1. The van der Waals surface area contributed by atoms with Gasteiger partial charge >= 0.3 is 0 Å². The van der Waals surface area contributed by atoms with Gasteiger partial charge in [-0.05, 0) is 37.6 Å². The van der Waals surface area contributed by atoms with Crippen molar-refractivity contribution in [2.24, 2.45) is 0 Å². The second-order valence-electron chi connectivity index (χ2n) is 5.92. The van der Waals surface area contributed by atoms with Crippen LogP contribution < -0.4 is 4.74 Å². The van der Waals surface area contributed by atoms with Crippen molar-refractivity contribution in [2.45, 2.75) is 18.9 Å². The molecule has 0 aliphatic carbocycles. The molecule has 3 rings (SSSR count). The number of benzene rings is 2. The molecule has 120 valence electrons. The van der Waals surface area contributed by atoms with Gasteiger partial charge < -0.3 is 9.64 Å². The lowest BCUT2D eigenvalue weighted by Gasteiger charge is -2.29. The van der Waals surface area contributed by atoms with Crippen LogP contribution in [-0.4, -0.2) is 36.1 Å². The Morgan fingerprint density at radius 2 is 1.83 bits per heavy atom. The molecule has 5 heteroatoms. The van der Waals surface area contributed by atoms with E-state index in [1.807, 2.05) is 30.3 Å². The smallest absolute Gasteiger partial charge is 0.277 e. The van der Waals surface area contributed by atoms with E-state index in [1.54, 1.807) is 12.1 Å². The Hall–Kier alpha value is -2.40. The predicted molar refractivity (Wildman–Crippen MR) is 89.7 cm³/mol. The first kappa shape index (κ1) is 15.5. The second-order valence-corrected chi connectivity index (χ2v) is 5.92. The average molecular weight is 312 g/mol. The number of nitro groups is 1. The molecule has 2 aromatic rings. The summed E-state index contributed by atoms with van der Waals surface area (Å²) in [7, 11) is 2.11. The highest BCUT2D eigenvalue weighted by molar-refractivity contribution is 5.74. The zero-order chi connectivity index (χ0) is 16.2. The molecule has 5 nitrogen and oxygen atoms in total. The molecule has 1 saturated heterocycles. The number of ether oxygens (including phenoxy) is 1. The molecule has 0 bridgehead atoms. The summed E-state index contributed by atoms with van der Waals surface area (Å²) in [6.07, 6.45) is 2.14. The molecular weight excluding hydrogens is 292 g/mol. The molecule has 1 aliphatic rings. The summed E-state index contributed by atoms with van der Waals surface area (Å²) in [6, 6.07) is 14.4. The Morgan fingerprint density at radius 1 is 1.13 bits per heavy atom. The van der Waals surface area contributed by atoms with Gasteiger partial charge in [-0.2, -0.15) is 0 Å². The maximum absolute atomic E-state index is 11.3. The topological polar surface area (TPSA) is 55.6 Å². The first-order valence-electron chi connectivity index (χ1n) is 7.82. The van der Waals surface area contributed by atoms with Crippen LogP contribution in [0.4, 0.5) is 5.69 Å². The minimum Gasteiger partial charge on any atom is -0.490 e. The third-order valence-electron chi connectivity index (χ3n) is 4.22. The summed E-state index contributed by atoms with van der Waals surface area (Å²) in [5.41, 5.74) is 1.53. The summed E-state index contributed by atoms with van der Waals surface area (Å²) in [4.78, 5) is 13.2. The predicted octanol–water partition coefficient (Wildman–Crippen LogP) is 3.73. The minimum absolute atomic E-state index is 0.104. The highest BCUT2D eigenvalue weighted by Crippen LogP contribution is 2.34. The Labute approximate surface area is 135 Å². The highest BCUT2D eigenvalue weighted by Gasteiger charge is 2.20. The largest absolute Gasteiger partial charge is 0.490 e.